The fourth-order valence-electron chi connectivity index (χ4n) is 4.06. The zero-order valence-electron chi connectivity index (χ0n) is 19.6. The molecule has 7 heteroatoms. The number of amides is 3. The molecule has 3 aromatic carbocycles. The first-order chi connectivity index (χ1) is 16.5. The van der Waals surface area contributed by atoms with Gasteiger partial charge in [0, 0.05) is 24.3 Å². The van der Waals surface area contributed by atoms with E-state index in [2.05, 4.69) is 20.9 Å². The molecule has 4 rings (SSSR count). The molecule has 0 bridgehead atoms. The quantitative estimate of drug-likeness (QED) is 0.412. The van der Waals surface area contributed by atoms with Crippen LogP contribution < -0.4 is 25.6 Å². The number of rotatable bonds is 7. The summed E-state index contributed by atoms with van der Waals surface area (Å²) in [6, 6.07) is 20.0. The summed E-state index contributed by atoms with van der Waals surface area (Å²) in [7, 11) is 0. The van der Waals surface area contributed by atoms with Crippen LogP contribution in [0.5, 0.6) is 5.75 Å². The molecule has 3 amide bonds. The topological polar surface area (TPSA) is 82.7 Å². The van der Waals surface area contributed by atoms with Gasteiger partial charge in [0.1, 0.15) is 5.75 Å². The van der Waals surface area contributed by atoms with Gasteiger partial charge in [-0.25, -0.2) is 4.79 Å². The lowest BCUT2D eigenvalue weighted by molar-refractivity contribution is 0.102. The van der Waals surface area contributed by atoms with E-state index in [0.717, 1.165) is 37.2 Å². The molecule has 3 N–H and O–H groups in total. The van der Waals surface area contributed by atoms with E-state index in [-0.39, 0.29) is 11.9 Å². The normalized spacial score (nSPS) is 12.8. The number of ether oxygens (including phenoxy) is 1. The Labute approximate surface area is 200 Å². The molecule has 3 aromatic rings. The van der Waals surface area contributed by atoms with Gasteiger partial charge in [0.25, 0.3) is 5.91 Å². The average molecular weight is 459 g/mol. The highest BCUT2D eigenvalue weighted by Gasteiger charge is 2.19. The van der Waals surface area contributed by atoms with E-state index in [1.54, 1.807) is 18.2 Å². The predicted molar refractivity (Wildman–Crippen MR) is 137 cm³/mol. The Balaban J connectivity index is 1.55. The van der Waals surface area contributed by atoms with Crippen molar-refractivity contribution in [3.05, 3.63) is 77.9 Å². The Morgan fingerprint density at radius 2 is 1.65 bits per heavy atom. The molecule has 0 radical (unpaired) electrons. The molecule has 0 aromatic heterocycles. The zero-order valence-corrected chi connectivity index (χ0v) is 19.6. The Bertz CT molecular complexity index is 1170. The van der Waals surface area contributed by atoms with Crippen LogP contribution in [-0.4, -0.2) is 31.6 Å². The maximum absolute atomic E-state index is 12.9. The van der Waals surface area contributed by atoms with Crippen molar-refractivity contribution in [3.8, 4) is 5.75 Å². The van der Waals surface area contributed by atoms with Crippen molar-refractivity contribution >= 4 is 34.7 Å². The lowest BCUT2D eigenvalue weighted by Crippen LogP contribution is -2.24. The van der Waals surface area contributed by atoms with Crippen LogP contribution in [0.2, 0.25) is 0 Å². The summed E-state index contributed by atoms with van der Waals surface area (Å²) in [5, 5.41) is 8.79. The largest absolute Gasteiger partial charge is 0.492 e. The fraction of sp³-hybridized carbons (Fsp3) is 0.259. The van der Waals surface area contributed by atoms with Crippen molar-refractivity contribution in [2.45, 2.75) is 26.7 Å². The van der Waals surface area contributed by atoms with Gasteiger partial charge in [-0.2, -0.15) is 0 Å². The summed E-state index contributed by atoms with van der Waals surface area (Å²) >= 11 is 0. The minimum absolute atomic E-state index is 0.196. The van der Waals surface area contributed by atoms with Crippen molar-refractivity contribution in [2.75, 3.05) is 40.5 Å². The monoisotopic (exact) mass is 458 g/mol. The van der Waals surface area contributed by atoms with Gasteiger partial charge in [-0.15, -0.1) is 0 Å². The van der Waals surface area contributed by atoms with Gasteiger partial charge in [-0.3, -0.25) is 4.79 Å². The Hall–Kier alpha value is -4.00. The minimum atomic E-state index is -0.380. The Morgan fingerprint density at radius 3 is 2.41 bits per heavy atom. The third-order valence-electron chi connectivity index (χ3n) is 5.66. The van der Waals surface area contributed by atoms with Gasteiger partial charge in [0.2, 0.25) is 0 Å². The van der Waals surface area contributed by atoms with Crippen LogP contribution in [-0.2, 0) is 0 Å². The molecule has 0 unspecified atom stereocenters. The Kier molecular flexibility index (Phi) is 7.32. The van der Waals surface area contributed by atoms with E-state index < -0.39 is 0 Å². The lowest BCUT2D eigenvalue weighted by atomic mass is 10.1. The second kappa shape index (κ2) is 10.7. The molecule has 1 aliphatic heterocycles. The summed E-state index contributed by atoms with van der Waals surface area (Å²) in [6.45, 7) is 6.21. The SMILES string of the molecule is CCOc1ccccc1NC(=O)Nc1cc(NC(=O)c2cccc(C)c2)ccc1N1CCCC1. The van der Waals surface area contributed by atoms with Crippen molar-refractivity contribution in [3.63, 3.8) is 0 Å². The molecular weight excluding hydrogens is 428 g/mol. The molecule has 7 nitrogen and oxygen atoms in total. The minimum Gasteiger partial charge on any atom is -0.492 e. The summed E-state index contributed by atoms with van der Waals surface area (Å²) in [5.74, 6) is 0.415. The van der Waals surface area contributed by atoms with E-state index in [4.69, 9.17) is 4.74 Å². The Morgan fingerprint density at radius 1 is 0.882 bits per heavy atom. The number of carbonyl (C=O) groups is 2. The van der Waals surface area contributed by atoms with E-state index in [0.29, 0.717) is 35.0 Å². The summed E-state index contributed by atoms with van der Waals surface area (Å²) in [5.41, 5.74) is 4.37. The molecule has 1 heterocycles. The zero-order chi connectivity index (χ0) is 23.9. The van der Waals surface area contributed by atoms with Crippen LogP contribution in [0.15, 0.2) is 66.7 Å². The third kappa shape index (κ3) is 5.67. The molecule has 0 spiro atoms. The van der Waals surface area contributed by atoms with Crippen LogP contribution in [0.4, 0.5) is 27.5 Å². The molecule has 0 saturated carbocycles. The number of urea groups is 1. The van der Waals surface area contributed by atoms with Crippen molar-refractivity contribution in [2.24, 2.45) is 0 Å². The molecule has 0 atom stereocenters. The van der Waals surface area contributed by atoms with E-state index in [1.165, 1.54) is 0 Å². The van der Waals surface area contributed by atoms with Gasteiger partial charge in [-0.05, 0) is 69.2 Å². The molecule has 1 fully saturated rings. The van der Waals surface area contributed by atoms with Crippen molar-refractivity contribution in [1.82, 2.24) is 0 Å². The molecule has 0 aliphatic carbocycles. The average Bonchev–Trinajstić information content (AvgIpc) is 3.35. The van der Waals surface area contributed by atoms with Gasteiger partial charge in [0.15, 0.2) is 0 Å². The van der Waals surface area contributed by atoms with Crippen LogP contribution >= 0.6 is 0 Å². The molecule has 1 saturated heterocycles. The number of hydrogen-bond acceptors (Lipinski definition) is 4. The standard InChI is InChI=1S/C27H30N4O3/c1-3-34-25-12-5-4-11-22(25)29-27(33)30-23-18-21(13-14-24(23)31-15-6-7-16-31)28-26(32)20-10-8-9-19(2)17-20/h4-5,8-14,17-18H,3,6-7,15-16H2,1-2H3,(H,28,32)(H2,29,30,33). The number of nitrogens with zero attached hydrogens (tertiary/aromatic N) is 1. The molecule has 1 aliphatic rings. The van der Waals surface area contributed by atoms with Gasteiger partial charge in [-0.1, -0.05) is 29.8 Å². The van der Waals surface area contributed by atoms with Crippen molar-refractivity contribution in [1.29, 1.82) is 0 Å². The van der Waals surface area contributed by atoms with Crippen LogP contribution in [0.1, 0.15) is 35.7 Å². The van der Waals surface area contributed by atoms with E-state index in [9.17, 15) is 9.59 Å². The molecule has 34 heavy (non-hydrogen) atoms. The highest BCUT2D eigenvalue weighted by atomic mass is 16.5. The van der Waals surface area contributed by atoms with Gasteiger partial charge < -0.3 is 25.6 Å². The summed E-state index contributed by atoms with van der Waals surface area (Å²) in [6.07, 6.45) is 2.22. The molecule has 176 valence electrons. The summed E-state index contributed by atoms with van der Waals surface area (Å²) in [4.78, 5) is 27.9. The van der Waals surface area contributed by atoms with E-state index in [1.807, 2.05) is 62.4 Å². The fourth-order valence-corrected chi connectivity index (χ4v) is 4.06. The van der Waals surface area contributed by atoms with Crippen LogP contribution in [0.3, 0.4) is 0 Å². The first-order valence-corrected chi connectivity index (χ1v) is 11.6. The molecular formula is C27H30N4O3. The number of para-hydroxylation sites is 2. The third-order valence-corrected chi connectivity index (χ3v) is 5.66. The maximum atomic E-state index is 12.9. The van der Waals surface area contributed by atoms with Crippen LogP contribution in [0, 0.1) is 6.92 Å². The number of carbonyl (C=O) groups excluding carboxylic acids is 2. The number of nitrogens with one attached hydrogen (secondary N) is 3. The highest BCUT2D eigenvalue weighted by molar-refractivity contribution is 6.06. The smallest absolute Gasteiger partial charge is 0.323 e. The second-order valence-electron chi connectivity index (χ2n) is 8.26. The number of anilines is 4. The highest BCUT2D eigenvalue weighted by Crippen LogP contribution is 2.32. The van der Waals surface area contributed by atoms with Crippen molar-refractivity contribution < 1.29 is 14.3 Å². The maximum Gasteiger partial charge on any atom is 0.323 e. The first-order valence-electron chi connectivity index (χ1n) is 11.6. The number of aryl methyl sites for hydroxylation is 1. The van der Waals surface area contributed by atoms with E-state index >= 15 is 0 Å². The predicted octanol–water partition coefficient (Wildman–Crippen LogP) is 5.89. The van der Waals surface area contributed by atoms with Gasteiger partial charge in [0.05, 0.1) is 23.7 Å². The lowest BCUT2D eigenvalue weighted by Gasteiger charge is -2.23. The number of benzene rings is 3. The van der Waals surface area contributed by atoms with Crippen LogP contribution in [0.25, 0.3) is 0 Å². The van der Waals surface area contributed by atoms with Gasteiger partial charge >= 0.3 is 6.03 Å². The first kappa shape index (κ1) is 23.2. The summed E-state index contributed by atoms with van der Waals surface area (Å²) < 4.78 is 5.61. The second-order valence-corrected chi connectivity index (χ2v) is 8.26. The number of hydrogen-bond donors (Lipinski definition) is 3.